The monoisotopic (exact) mass is 1010 g/mol. The van der Waals surface area contributed by atoms with Gasteiger partial charge in [0.2, 0.25) is 0 Å². The molecule has 0 atom stereocenters. The summed E-state index contributed by atoms with van der Waals surface area (Å²) >= 11 is 0. The summed E-state index contributed by atoms with van der Waals surface area (Å²) in [6.07, 6.45) is 0. The molecule has 0 saturated carbocycles. The minimum atomic E-state index is -0.468. The average Bonchev–Trinajstić information content (AvgIpc) is 4.29. The predicted molar refractivity (Wildman–Crippen MR) is 330 cm³/mol. The van der Waals surface area contributed by atoms with E-state index < -0.39 is 5.41 Å². The third-order valence-electron chi connectivity index (χ3n) is 16.4. The summed E-state index contributed by atoms with van der Waals surface area (Å²) in [5, 5.41) is 4.76. The van der Waals surface area contributed by atoms with Gasteiger partial charge in [0.15, 0.2) is 0 Å². The maximum atomic E-state index is 6.19. The Labute approximate surface area is 460 Å². The van der Waals surface area contributed by atoms with E-state index in [0.29, 0.717) is 0 Å². The van der Waals surface area contributed by atoms with Crippen LogP contribution in [0.3, 0.4) is 0 Å². The first-order chi connectivity index (χ1) is 39.1. The second-order valence-electron chi connectivity index (χ2n) is 20.8. The van der Waals surface area contributed by atoms with Crippen LogP contribution in [0.1, 0.15) is 22.3 Å². The fourth-order valence-corrected chi connectivity index (χ4v) is 12.5. The van der Waals surface area contributed by atoms with Gasteiger partial charge in [-0.15, -0.1) is 0 Å². The first-order valence-electron chi connectivity index (χ1n) is 27.2. The van der Waals surface area contributed by atoms with Crippen molar-refractivity contribution in [3.63, 3.8) is 0 Å². The van der Waals surface area contributed by atoms with Gasteiger partial charge >= 0.3 is 0 Å². The fraction of sp³-hybridized carbons (Fsp3) is 0.0130. The normalized spacial score (nSPS) is 12.4. The smallest absolute Gasteiger partial charge is 0.135 e. The number of para-hydroxylation sites is 1. The lowest BCUT2D eigenvalue weighted by Crippen LogP contribution is -2.28. The van der Waals surface area contributed by atoms with Gasteiger partial charge < -0.3 is 9.32 Å². The molecule has 0 unspecified atom stereocenters. The standard InChI is InChI=1S/C77H51NO/c1-3-18-64(19-4-1)77(65-20-5-2-6-21-65)73-24-11-9-22-69(73)70-46-38-63(51-74(70)77)57-36-44-68(45-37-57)78(67-42-34-56(35-43-67)62-39-47-76-72(50-62)71-23-10-12-25-75(71)79-76)66-40-32-54(33-41-66)53-26-28-55(29-27-53)59-16-13-17-60(48-59)61-31-30-52-14-7-8-15-58(52)49-61/h1-51H. The molecular formula is C77H51NO. The third-order valence-corrected chi connectivity index (χ3v) is 16.4. The van der Waals surface area contributed by atoms with Crippen LogP contribution in [-0.4, -0.2) is 0 Å². The van der Waals surface area contributed by atoms with Crippen molar-refractivity contribution < 1.29 is 4.42 Å². The van der Waals surface area contributed by atoms with Gasteiger partial charge in [-0.25, -0.2) is 0 Å². The van der Waals surface area contributed by atoms with Gasteiger partial charge in [0.05, 0.1) is 5.41 Å². The molecule has 0 fully saturated rings. The molecule has 0 radical (unpaired) electrons. The van der Waals surface area contributed by atoms with Crippen LogP contribution in [0.15, 0.2) is 314 Å². The van der Waals surface area contributed by atoms with E-state index in [0.717, 1.165) is 61.3 Å². The summed E-state index contributed by atoms with van der Waals surface area (Å²) in [5.74, 6) is 0. The van der Waals surface area contributed by atoms with Gasteiger partial charge in [-0.2, -0.15) is 0 Å². The van der Waals surface area contributed by atoms with Crippen molar-refractivity contribution in [3.8, 4) is 66.8 Å². The summed E-state index contributed by atoms with van der Waals surface area (Å²) in [7, 11) is 0. The zero-order valence-electron chi connectivity index (χ0n) is 43.3. The number of fused-ring (bicyclic) bond motifs is 7. The number of furan rings is 1. The fourth-order valence-electron chi connectivity index (χ4n) is 12.5. The molecule has 2 nitrogen and oxygen atoms in total. The molecule has 0 spiro atoms. The second kappa shape index (κ2) is 19.1. The van der Waals surface area contributed by atoms with Crippen LogP contribution < -0.4 is 4.90 Å². The van der Waals surface area contributed by atoms with Crippen molar-refractivity contribution in [2.75, 3.05) is 4.90 Å². The molecule has 14 aromatic rings. The highest BCUT2D eigenvalue weighted by molar-refractivity contribution is 6.06. The second-order valence-corrected chi connectivity index (χ2v) is 20.8. The van der Waals surface area contributed by atoms with Crippen molar-refractivity contribution >= 4 is 49.8 Å². The lowest BCUT2D eigenvalue weighted by molar-refractivity contribution is 0.669. The van der Waals surface area contributed by atoms with Crippen LogP contribution in [0.4, 0.5) is 17.1 Å². The van der Waals surface area contributed by atoms with Crippen LogP contribution in [-0.2, 0) is 5.41 Å². The summed E-state index contributed by atoms with van der Waals surface area (Å²) in [5.41, 5.74) is 24.0. The summed E-state index contributed by atoms with van der Waals surface area (Å²) < 4.78 is 6.19. The highest BCUT2D eigenvalue weighted by Gasteiger charge is 2.46. The number of anilines is 3. The molecule has 0 saturated heterocycles. The van der Waals surface area contributed by atoms with Gasteiger partial charge in [-0.05, 0) is 173 Å². The molecule has 2 heteroatoms. The topological polar surface area (TPSA) is 16.4 Å². The molecule has 0 amide bonds. The predicted octanol–water partition coefficient (Wildman–Crippen LogP) is 20.9. The van der Waals surface area contributed by atoms with Crippen molar-refractivity contribution in [1.82, 2.24) is 0 Å². The molecule has 370 valence electrons. The molecule has 1 aliphatic rings. The Hall–Kier alpha value is -10.3. The van der Waals surface area contributed by atoms with Crippen molar-refractivity contribution in [1.29, 1.82) is 0 Å². The lowest BCUT2D eigenvalue weighted by atomic mass is 9.67. The minimum absolute atomic E-state index is 0.468. The van der Waals surface area contributed by atoms with Crippen LogP contribution in [0.2, 0.25) is 0 Å². The van der Waals surface area contributed by atoms with Crippen molar-refractivity contribution in [3.05, 3.63) is 332 Å². The van der Waals surface area contributed by atoms with E-state index in [2.05, 4.69) is 302 Å². The SMILES string of the molecule is c1ccc(C2(c3ccccc3)c3ccccc3-c3ccc(-c4ccc(N(c5ccc(-c6ccc(-c7cccc(-c8ccc9ccccc9c8)c7)cc6)cc5)c5ccc(-c6ccc7oc8ccccc8c7c6)cc5)cc4)cc32)cc1. The van der Waals surface area contributed by atoms with Crippen molar-refractivity contribution in [2.45, 2.75) is 5.41 Å². The van der Waals surface area contributed by atoms with Gasteiger partial charge in [-0.1, -0.05) is 237 Å². The molecule has 1 aromatic heterocycles. The van der Waals surface area contributed by atoms with Crippen LogP contribution >= 0.6 is 0 Å². The van der Waals surface area contributed by atoms with Crippen LogP contribution in [0.5, 0.6) is 0 Å². The molecule has 15 rings (SSSR count). The quantitative estimate of drug-likeness (QED) is 0.136. The van der Waals surface area contributed by atoms with Crippen molar-refractivity contribution in [2.24, 2.45) is 0 Å². The maximum absolute atomic E-state index is 6.19. The van der Waals surface area contributed by atoms with E-state index in [1.165, 1.54) is 77.5 Å². The Balaban J connectivity index is 0.775. The zero-order valence-corrected chi connectivity index (χ0v) is 43.3. The van der Waals surface area contributed by atoms with Crippen LogP contribution in [0, 0.1) is 0 Å². The highest BCUT2D eigenvalue weighted by Crippen LogP contribution is 2.57. The molecular weight excluding hydrogens is 955 g/mol. The molecule has 1 aliphatic carbocycles. The van der Waals surface area contributed by atoms with E-state index >= 15 is 0 Å². The summed E-state index contributed by atoms with van der Waals surface area (Å²) in [6.45, 7) is 0. The first kappa shape index (κ1) is 46.1. The number of benzene rings is 13. The van der Waals surface area contributed by atoms with Crippen LogP contribution in [0.25, 0.3) is 99.5 Å². The average molecular weight is 1010 g/mol. The maximum Gasteiger partial charge on any atom is 0.135 e. The van der Waals surface area contributed by atoms with E-state index in [4.69, 9.17) is 4.42 Å². The lowest BCUT2D eigenvalue weighted by Gasteiger charge is -2.34. The largest absolute Gasteiger partial charge is 0.456 e. The van der Waals surface area contributed by atoms with Gasteiger partial charge in [-0.3, -0.25) is 0 Å². The number of hydrogen-bond acceptors (Lipinski definition) is 2. The first-order valence-corrected chi connectivity index (χ1v) is 27.2. The Morgan fingerprint density at radius 1 is 0.241 bits per heavy atom. The number of rotatable bonds is 10. The molecule has 0 N–H and O–H groups in total. The molecule has 0 aliphatic heterocycles. The zero-order chi connectivity index (χ0) is 52.3. The van der Waals surface area contributed by atoms with E-state index in [1.807, 2.05) is 12.1 Å². The molecule has 0 bridgehead atoms. The minimum Gasteiger partial charge on any atom is -0.456 e. The highest BCUT2D eigenvalue weighted by atomic mass is 16.3. The van der Waals surface area contributed by atoms with E-state index in [1.54, 1.807) is 0 Å². The Morgan fingerprint density at radius 2 is 0.671 bits per heavy atom. The Bertz CT molecular complexity index is 4520. The number of nitrogens with zero attached hydrogens (tertiary/aromatic N) is 1. The Kier molecular flexibility index (Phi) is 11.1. The summed E-state index contributed by atoms with van der Waals surface area (Å²) in [6, 6.07) is 113. The molecule has 1 heterocycles. The molecule has 79 heavy (non-hydrogen) atoms. The van der Waals surface area contributed by atoms with Gasteiger partial charge in [0.25, 0.3) is 0 Å². The van der Waals surface area contributed by atoms with Gasteiger partial charge in [0.1, 0.15) is 11.2 Å². The summed E-state index contributed by atoms with van der Waals surface area (Å²) in [4.78, 5) is 2.37. The van der Waals surface area contributed by atoms with Gasteiger partial charge in [0, 0.05) is 27.8 Å². The number of hydrogen-bond donors (Lipinski definition) is 0. The third kappa shape index (κ3) is 7.96. The van der Waals surface area contributed by atoms with E-state index in [-0.39, 0.29) is 0 Å². The Morgan fingerprint density at radius 3 is 1.32 bits per heavy atom. The van der Waals surface area contributed by atoms with E-state index in [9.17, 15) is 0 Å². The molecule has 13 aromatic carbocycles.